The molecule has 7 nitrogen and oxygen atoms in total. The van der Waals surface area contributed by atoms with Gasteiger partial charge in [0.05, 0.1) is 0 Å². The number of furan rings is 2. The van der Waals surface area contributed by atoms with Crippen LogP contribution in [0.2, 0.25) is 0 Å². The van der Waals surface area contributed by atoms with Gasteiger partial charge in [-0.2, -0.15) is 0 Å². The lowest BCUT2D eigenvalue weighted by Gasteiger charge is -2.19. The number of rotatable bonds is 22. The van der Waals surface area contributed by atoms with E-state index in [0.29, 0.717) is 17.1 Å². The van der Waals surface area contributed by atoms with E-state index in [1.807, 2.05) is 36.4 Å². The minimum Gasteiger partial charge on any atom is -0.491 e. The van der Waals surface area contributed by atoms with Crippen LogP contribution in [-0.4, -0.2) is 32.1 Å². The summed E-state index contributed by atoms with van der Waals surface area (Å²) in [5, 5.41) is 1.99. The Labute approximate surface area is 338 Å². The molecule has 0 saturated heterocycles. The first-order chi connectivity index (χ1) is 27.8. The number of benzene rings is 4. The molecule has 0 saturated carbocycles. The van der Waals surface area contributed by atoms with Gasteiger partial charge in [0, 0.05) is 39.6 Å². The number of esters is 1. The van der Waals surface area contributed by atoms with E-state index in [-0.39, 0.29) is 20.0 Å². The summed E-state index contributed by atoms with van der Waals surface area (Å²) in [7, 11) is 0. The molecule has 0 fully saturated rings. The molecule has 0 unspecified atom stereocenters. The van der Waals surface area contributed by atoms with Gasteiger partial charge in [0.1, 0.15) is 53.5 Å². The van der Waals surface area contributed by atoms with Crippen molar-refractivity contribution in [2.45, 2.75) is 105 Å². The van der Waals surface area contributed by atoms with Crippen LogP contribution in [0.15, 0.2) is 106 Å². The predicted molar refractivity (Wildman–Crippen MR) is 230 cm³/mol. The number of hydrogen-bond acceptors (Lipinski definition) is 7. The second kappa shape index (κ2) is 20.2. The molecule has 300 valence electrons. The lowest BCUT2D eigenvalue weighted by atomic mass is 9.97. The van der Waals surface area contributed by atoms with Gasteiger partial charge in [-0.25, -0.2) is 4.79 Å². The Morgan fingerprint density at radius 3 is 1.56 bits per heavy atom. The summed E-state index contributed by atoms with van der Waals surface area (Å²) in [6, 6.07) is 29.3. The summed E-state index contributed by atoms with van der Waals surface area (Å²) in [6.45, 7) is 14.1. The first-order valence-corrected chi connectivity index (χ1v) is 20.8. The van der Waals surface area contributed by atoms with Crippen LogP contribution < -0.4 is 9.47 Å². The van der Waals surface area contributed by atoms with E-state index >= 15 is 0 Å². The van der Waals surface area contributed by atoms with Crippen molar-refractivity contribution < 1.29 is 32.6 Å². The first kappa shape index (κ1) is 41.4. The predicted octanol–water partition coefficient (Wildman–Crippen LogP) is 13.0. The third-order valence-electron chi connectivity index (χ3n) is 10.5. The van der Waals surface area contributed by atoms with Crippen LogP contribution in [0, 0.1) is 0 Å². The molecular formula is C50H58O7. The Hall–Kier alpha value is -5.27. The van der Waals surface area contributed by atoms with Crippen LogP contribution in [0.25, 0.3) is 44.6 Å². The monoisotopic (exact) mass is 770 g/mol. The fraction of sp³-hybridized carbons (Fsp3) is 0.380. The molecule has 0 atom stereocenters. The van der Waals surface area contributed by atoms with Crippen LogP contribution in [0.5, 0.6) is 11.5 Å². The SMILES string of the molecule is C=C(C)C(=O)OCOC(COc1ccc2cc(-c3ccc(CCCCC)cc3CC)oc2c1)COc1ccc2cc(-c3ccc(CCCCC)cc3CC)oc2c1. The minimum atomic E-state index is -0.570. The second-order valence-electron chi connectivity index (χ2n) is 15.0. The van der Waals surface area contributed by atoms with Crippen LogP contribution in [0.3, 0.4) is 0 Å². The van der Waals surface area contributed by atoms with Crippen molar-refractivity contribution in [1.29, 1.82) is 0 Å². The average Bonchev–Trinajstić information content (AvgIpc) is 3.85. The van der Waals surface area contributed by atoms with E-state index in [1.165, 1.54) is 60.8 Å². The van der Waals surface area contributed by atoms with E-state index in [9.17, 15) is 4.79 Å². The van der Waals surface area contributed by atoms with Crippen molar-refractivity contribution in [3.63, 3.8) is 0 Å². The van der Waals surface area contributed by atoms with Crippen LogP contribution >= 0.6 is 0 Å². The highest BCUT2D eigenvalue weighted by atomic mass is 16.7. The van der Waals surface area contributed by atoms with Crippen LogP contribution in [0.1, 0.15) is 95.4 Å². The number of carbonyl (C=O) groups excluding carboxylic acids is 1. The summed E-state index contributed by atoms with van der Waals surface area (Å²) in [5.74, 6) is 2.42. The summed E-state index contributed by atoms with van der Waals surface area (Å²) in [6.07, 6.45) is 10.8. The van der Waals surface area contributed by atoms with Crippen molar-refractivity contribution in [2.75, 3.05) is 20.0 Å². The third-order valence-corrected chi connectivity index (χ3v) is 10.5. The fourth-order valence-electron chi connectivity index (χ4n) is 7.13. The molecule has 0 amide bonds. The first-order valence-electron chi connectivity index (χ1n) is 20.8. The maximum atomic E-state index is 12.1. The van der Waals surface area contributed by atoms with Gasteiger partial charge in [-0.05, 0) is 104 Å². The molecular weight excluding hydrogens is 713 g/mol. The molecule has 4 aromatic carbocycles. The quantitative estimate of drug-likeness (QED) is 0.0294. The largest absolute Gasteiger partial charge is 0.491 e. The number of carbonyl (C=O) groups is 1. The molecule has 0 bridgehead atoms. The van der Waals surface area contributed by atoms with Gasteiger partial charge in [0.15, 0.2) is 6.79 Å². The molecule has 0 N–H and O–H groups in total. The second-order valence-corrected chi connectivity index (χ2v) is 15.0. The number of unbranched alkanes of at least 4 members (excludes halogenated alkanes) is 4. The van der Waals surface area contributed by atoms with Crippen molar-refractivity contribution in [2.24, 2.45) is 0 Å². The van der Waals surface area contributed by atoms with Crippen LogP contribution in [-0.2, 0) is 40.0 Å². The summed E-state index contributed by atoms with van der Waals surface area (Å²) < 4.78 is 36.4. The molecule has 0 spiro atoms. The van der Waals surface area contributed by atoms with E-state index in [4.69, 9.17) is 27.8 Å². The Balaban J connectivity index is 1.13. The molecule has 2 aromatic heterocycles. The van der Waals surface area contributed by atoms with Crippen molar-refractivity contribution in [3.8, 4) is 34.1 Å². The molecule has 0 aliphatic rings. The number of fused-ring (bicyclic) bond motifs is 2. The Morgan fingerprint density at radius 1 is 0.632 bits per heavy atom. The zero-order valence-corrected chi connectivity index (χ0v) is 34.4. The maximum Gasteiger partial charge on any atom is 0.335 e. The minimum absolute atomic E-state index is 0.143. The van der Waals surface area contributed by atoms with Crippen molar-refractivity contribution >= 4 is 27.9 Å². The number of hydrogen-bond donors (Lipinski definition) is 0. The van der Waals surface area contributed by atoms with E-state index in [0.717, 1.165) is 70.3 Å². The zero-order chi connectivity index (χ0) is 40.1. The van der Waals surface area contributed by atoms with Gasteiger partial charge < -0.3 is 27.8 Å². The highest BCUT2D eigenvalue weighted by Crippen LogP contribution is 2.35. The standard InChI is InChI=1S/C50H58O7/c1-7-11-13-15-35-17-23-44(37(9-3)25-35)48-27-39-19-21-41(29-46(39)56-48)52-31-43(54-33-55-50(51)34(5)6)32-53-42-22-20-40-28-49(57-47(40)30-42)45-24-18-36(16-14-12-8-2)26-38(45)10-4/h17-30,43H,5,7-16,31-33H2,1-4,6H3. The molecule has 57 heavy (non-hydrogen) atoms. The molecule has 6 rings (SSSR count). The molecule has 6 aromatic rings. The van der Waals surface area contributed by atoms with Gasteiger partial charge in [-0.1, -0.05) is 96.4 Å². The molecule has 0 aliphatic heterocycles. The summed E-state index contributed by atoms with van der Waals surface area (Å²) in [5.41, 5.74) is 9.32. The lowest BCUT2D eigenvalue weighted by Crippen LogP contribution is -2.30. The van der Waals surface area contributed by atoms with Crippen molar-refractivity contribution in [1.82, 2.24) is 0 Å². The maximum absolute atomic E-state index is 12.1. The van der Waals surface area contributed by atoms with E-state index in [1.54, 1.807) is 6.92 Å². The molecule has 7 heteroatoms. The third kappa shape index (κ3) is 11.0. The Morgan fingerprint density at radius 2 is 1.12 bits per heavy atom. The van der Waals surface area contributed by atoms with Gasteiger partial charge >= 0.3 is 5.97 Å². The zero-order valence-electron chi connectivity index (χ0n) is 34.4. The fourth-order valence-corrected chi connectivity index (χ4v) is 7.13. The number of aryl methyl sites for hydroxylation is 4. The molecule has 2 heterocycles. The summed E-state index contributed by atoms with van der Waals surface area (Å²) >= 11 is 0. The highest BCUT2D eigenvalue weighted by Gasteiger charge is 2.17. The van der Waals surface area contributed by atoms with E-state index in [2.05, 4.69) is 82.8 Å². The lowest BCUT2D eigenvalue weighted by molar-refractivity contribution is -0.159. The average molecular weight is 771 g/mol. The topological polar surface area (TPSA) is 80.3 Å². The molecule has 0 aliphatic carbocycles. The van der Waals surface area contributed by atoms with Crippen LogP contribution in [0.4, 0.5) is 0 Å². The number of ether oxygens (including phenoxy) is 4. The van der Waals surface area contributed by atoms with Gasteiger partial charge in [0.2, 0.25) is 0 Å². The normalized spacial score (nSPS) is 11.5. The Kier molecular flexibility index (Phi) is 14.7. The Bertz CT molecular complexity index is 2110. The van der Waals surface area contributed by atoms with Crippen molar-refractivity contribution in [3.05, 3.63) is 119 Å². The van der Waals surface area contributed by atoms with Gasteiger partial charge in [-0.15, -0.1) is 0 Å². The van der Waals surface area contributed by atoms with Gasteiger partial charge in [0.25, 0.3) is 0 Å². The highest BCUT2D eigenvalue weighted by molar-refractivity contribution is 5.87. The summed E-state index contributed by atoms with van der Waals surface area (Å²) in [4.78, 5) is 12.1. The molecule has 0 radical (unpaired) electrons. The van der Waals surface area contributed by atoms with Gasteiger partial charge in [-0.3, -0.25) is 0 Å². The van der Waals surface area contributed by atoms with E-state index < -0.39 is 12.1 Å². The smallest absolute Gasteiger partial charge is 0.335 e.